The Morgan fingerprint density at radius 2 is 2.67 bits per heavy atom. The van der Waals surface area contributed by atoms with Crippen LogP contribution >= 0.6 is 12.6 Å². The summed E-state index contributed by atoms with van der Waals surface area (Å²) in [5.41, 5.74) is -0.00926. The van der Waals surface area contributed by atoms with Crippen molar-refractivity contribution in [3.05, 3.63) is 0 Å². The summed E-state index contributed by atoms with van der Waals surface area (Å²) in [5.74, 6) is 0. The van der Waals surface area contributed by atoms with Gasteiger partial charge in [-0.3, -0.25) is 5.32 Å². The van der Waals surface area contributed by atoms with Crippen LogP contribution in [0.15, 0.2) is 0 Å². The topological polar surface area (TPSA) is 21.3 Å². The Balaban J connectivity index is 2.18. The van der Waals surface area contributed by atoms with Crippen LogP contribution in [0.5, 0.6) is 0 Å². The zero-order valence-corrected chi connectivity index (χ0v) is 4.24. The lowest BCUT2D eigenvalue weighted by Gasteiger charge is -1.94. The maximum Gasteiger partial charge on any atom is 0.153 e. The molecule has 0 aromatic rings. The lowest BCUT2D eigenvalue weighted by molar-refractivity contribution is 0.170. The number of hydrogen-bond acceptors (Lipinski definition) is 3. The Hall–Kier alpha value is 0.270. The number of thiol groups is 1. The highest BCUT2D eigenvalue weighted by atomic mass is 32.1. The van der Waals surface area contributed by atoms with E-state index < -0.39 is 0 Å². The highest BCUT2D eigenvalue weighted by molar-refractivity contribution is 7.80. The van der Waals surface area contributed by atoms with E-state index in [1.54, 1.807) is 0 Å². The van der Waals surface area contributed by atoms with Gasteiger partial charge in [-0.1, -0.05) is 0 Å². The van der Waals surface area contributed by atoms with Crippen LogP contribution in [-0.4, -0.2) is 18.7 Å². The van der Waals surface area contributed by atoms with Crippen molar-refractivity contribution in [2.24, 2.45) is 0 Å². The summed E-state index contributed by atoms with van der Waals surface area (Å²) in [7, 11) is 0. The Morgan fingerprint density at radius 1 is 1.83 bits per heavy atom. The molecule has 0 radical (unpaired) electrons. The lowest BCUT2D eigenvalue weighted by Crippen LogP contribution is -2.14. The maximum absolute atomic E-state index is 4.91. The molecule has 36 valence electrons. The predicted octanol–water partition coefficient (Wildman–Crippen LogP) is -0.180. The zero-order chi connectivity index (χ0) is 4.41. The van der Waals surface area contributed by atoms with Crippen LogP contribution in [0, 0.1) is 0 Å². The molecule has 1 unspecified atom stereocenters. The molecule has 3 heteroatoms. The van der Waals surface area contributed by atoms with Gasteiger partial charge in [0.25, 0.3) is 0 Å². The van der Waals surface area contributed by atoms with Crippen LogP contribution in [-0.2, 0) is 4.74 Å². The molecule has 1 atom stereocenters. The standard InChI is InChI=1S/C3H7NOS/c6-3-4-1-2-5-3/h3-4,6H,1-2H2. The summed E-state index contributed by atoms with van der Waals surface area (Å²) in [6.45, 7) is 1.74. The Bertz CT molecular complexity index is 44.1. The smallest absolute Gasteiger partial charge is 0.153 e. The second kappa shape index (κ2) is 1.82. The molecular weight excluding hydrogens is 98.1 g/mol. The summed E-state index contributed by atoms with van der Waals surface area (Å²) in [5, 5.41) is 2.96. The first kappa shape index (κ1) is 4.43. The summed E-state index contributed by atoms with van der Waals surface area (Å²) < 4.78 is 4.91. The summed E-state index contributed by atoms with van der Waals surface area (Å²) in [6, 6.07) is 0. The van der Waals surface area contributed by atoms with Crippen LogP contribution in [0.25, 0.3) is 0 Å². The van der Waals surface area contributed by atoms with E-state index in [-0.39, 0.29) is 5.56 Å². The minimum absolute atomic E-state index is 0.00926. The van der Waals surface area contributed by atoms with Crippen molar-refractivity contribution in [3.63, 3.8) is 0 Å². The van der Waals surface area contributed by atoms with Gasteiger partial charge >= 0.3 is 0 Å². The fourth-order valence-corrected chi connectivity index (χ4v) is 0.646. The van der Waals surface area contributed by atoms with Gasteiger partial charge < -0.3 is 4.74 Å². The van der Waals surface area contributed by atoms with Gasteiger partial charge in [-0.05, 0) is 0 Å². The molecule has 0 aromatic heterocycles. The molecule has 1 fully saturated rings. The summed E-state index contributed by atoms with van der Waals surface area (Å²) in [6.07, 6.45) is 0. The van der Waals surface area contributed by atoms with Crippen molar-refractivity contribution in [2.75, 3.05) is 13.2 Å². The van der Waals surface area contributed by atoms with E-state index in [4.69, 9.17) is 4.74 Å². The van der Waals surface area contributed by atoms with Gasteiger partial charge in [-0.15, -0.1) is 12.6 Å². The van der Waals surface area contributed by atoms with Crippen LogP contribution < -0.4 is 5.32 Å². The molecule has 0 spiro atoms. The van der Waals surface area contributed by atoms with E-state index in [9.17, 15) is 0 Å². The van der Waals surface area contributed by atoms with Crippen molar-refractivity contribution in [1.82, 2.24) is 5.32 Å². The molecule has 1 saturated heterocycles. The summed E-state index contributed by atoms with van der Waals surface area (Å²) in [4.78, 5) is 0. The molecule has 1 N–H and O–H groups in total. The summed E-state index contributed by atoms with van der Waals surface area (Å²) >= 11 is 3.96. The molecule has 0 aliphatic carbocycles. The maximum atomic E-state index is 4.91. The molecule has 2 nitrogen and oxygen atoms in total. The second-order valence-electron chi connectivity index (χ2n) is 1.18. The largest absolute Gasteiger partial charge is 0.353 e. The van der Waals surface area contributed by atoms with Gasteiger partial charge in [0.2, 0.25) is 0 Å². The van der Waals surface area contributed by atoms with Crippen molar-refractivity contribution >= 4 is 12.6 Å². The minimum Gasteiger partial charge on any atom is -0.353 e. The third-order valence-corrected chi connectivity index (χ3v) is 1.03. The van der Waals surface area contributed by atoms with E-state index in [2.05, 4.69) is 17.9 Å². The van der Waals surface area contributed by atoms with Gasteiger partial charge in [-0.25, -0.2) is 0 Å². The Kier molecular flexibility index (Phi) is 1.34. The van der Waals surface area contributed by atoms with E-state index in [0.717, 1.165) is 13.2 Å². The van der Waals surface area contributed by atoms with Gasteiger partial charge in [0.1, 0.15) is 0 Å². The first-order valence-electron chi connectivity index (χ1n) is 1.92. The average Bonchev–Trinajstić information content (AvgIpc) is 1.86. The fourth-order valence-electron chi connectivity index (χ4n) is 0.412. The molecule has 0 bridgehead atoms. The SMILES string of the molecule is SC1NCCO1. The molecule has 1 aliphatic heterocycles. The minimum atomic E-state index is -0.00926. The first-order chi connectivity index (χ1) is 2.89. The molecular formula is C3H7NOS. The van der Waals surface area contributed by atoms with Gasteiger partial charge in [-0.2, -0.15) is 0 Å². The highest BCUT2D eigenvalue weighted by Crippen LogP contribution is 1.96. The van der Waals surface area contributed by atoms with E-state index >= 15 is 0 Å². The second-order valence-corrected chi connectivity index (χ2v) is 1.65. The third kappa shape index (κ3) is 0.864. The number of rotatable bonds is 0. The van der Waals surface area contributed by atoms with Crippen molar-refractivity contribution in [1.29, 1.82) is 0 Å². The van der Waals surface area contributed by atoms with Crippen LogP contribution in [0.3, 0.4) is 0 Å². The molecule has 1 rings (SSSR count). The van der Waals surface area contributed by atoms with E-state index in [1.165, 1.54) is 0 Å². The fraction of sp³-hybridized carbons (Fsp3) is 1.00. The van der Waals surface area contributed by atoms with Crippen molar-refractivity contribution in [2.45, 2.75) is 5.56 Å². The molecule has 0 amide bonds. The molecule has 0 saturated carbocycles. The predicted molar refractivity (Wildman–Crippen MR) is 26.7 cm³/mol. The lowest BCUT2D eigenvalue weighted by atomic mass is 10.7. The molecule has 1 aliphatic rings. The number of hydrogen-bond donors (Lipinski definition) is 2. The third-order valence-electron chi connectivity index (χ3n) is 0.697. The Labute approximate surface area is 42.3 Å². The van der Waals surface area contributed by atoms with E-state index in [1.807, 2.05) is 0 Å². The van der Waals surface area contributed by atoms with Gasteiger partial charge in [0.05, 0.1) is 6.61 Å². The quantitative estimate of drug-likeness (QED) is 0.417. The van der Waals surface area contributed by atoms with E-state index in [0.29, 0.717) is 0 Å². The monoisotopic (exact) mass is 105 g/mol. The van der Waals surface area contributed by atoms with Crippen LogP contribution in [0.2, 0.25) is 0 Å². The van der Waals surface area contributed by atoms with Gasteiger partial charge in [0, 0.05) is 6.54 Å². The number of ether oxygens (including phenoxy) is 1. The molecule has 6 heavy (non-hydrogen) atoms. The van der Waals surface area contributed by atoms with Crippen molar-refractivity contribution in [3.8, 4) is 0 Å². The zero-order valence-electron chi connectivity index (χ0n) is 3.35. The number of nitrogens with one attached hydrogen (secondary N) is 1. The average molecular weight is 105 g/mol. The first-order valence-corrected chi connectivity index (χ1v) is 2.44. The Morgan fingerprint density at radius 3 is 2.83 bits per heavy atom. The van der Waals surface area contributed by atoms with Crippen LogP contribution in [0.1, 0.15) is 0 Å². The highest BCUT2D eigenvalue weighted by Gasteiger charge is 2.06. The normalized spacial score (nSPS) is 34.5. The molecule has 1 heterocycles. The van der Waals surface area contributed by atoms with Crippen LogP contribution in [0.4, 0.5) is 0 Å². The van der Waals surface area contributed by atoms with Crippen molar-refractivity contribution < 1.29 is 4.74 Å². The van der Waals surface area contributed by atoms with Gasteiger partial charge in [0.15, 0.2) is 5.56 Å². The molecule has 0 aromatic carbocycles.